The first-order chi connectivity index (χ1) is 12.9. The predicted octanol–water partition coefficient (Wildman–Crippen LogP) is 3.30. The van der Waals surface area contributed by atoms with E-state index in [1.54, 1.807) is 12.1 Å². The van der Waals surface area contributed by atoms with Crippen molar-refractivity contribution in [2.45, 2.75) is 31.1 Å². The fourth-order valence-corrected chi connectivity index (χ4v) is 3.88. The molecule has 0 aliphatic heterocycles. The number of rotatable bonds is 9. The molecule has 0 saturated heterocycles. The van der Waals surface area contributed by atoms with Gasteiger partial charge in [-0.05, 0) is 48.7 Å². The second-order valence-electron chi connectivity index (χ2n) is 6.16. The summed E-state index contributed by atoms with van der Waals surface area (Å²) in [6.07, 6.45) is 1.52. The quantitative estimate of drug-likeness (QED) is 0.713. The van der Waals surface area contributed by atoms with E-state index in [2.05, 4.69) is 5.32 Å². The number of aryl methyl sites for hydroxylation is 1. The van der Waals surface area contributed by atoms with Crippen LogP contribution in [-0.4, -0.2) is 39.3 Å². The second-order valence-corrected chi connectivity index (χ2v) is 8.21. The Morgan fingerprint density at radius 1 is 1.11 bits per heavy atom. The Labute approximate surface area is 161 Å². The van der Waals surface area contributed by atoms with E-state index in [9.17, 15) is 13.2 Å². The van der Waals surface area contributed by atoms with E-state index >= 15 is 0 Å². The summed E-state index contributed by atoms with van der Waals surface area (Å²) in [5.74, 6) is 0.479. The third-order valence-corrected chi connectivity index (χ3v) is 6.19. The van der Waals surface area contributed by atoms with Crippen LogP contribution in [0.4, 0.5) is 5.69 Å². The minimum absolute atomic E-state index is 0.119. The average Bonchev–Trinajstić information content (AvgIpc) is 2.68. The van der Waals surface area contributed by atoms with Crippen LogP contribution in [0.2, 0.25) is 0 Å². The summed E-state index contributed by atoms with van der Waals surface area (Å²) in [7, 11) is -0.540. The number of carbonyl (C=O) groups is 1. The molecule has 2 aromatic carbocycles. The zero-order valence-electron chi connectivity index (χ0n) is 15.9. The lowest BCUT2D eigenvalue weighted by molar-refractivity contribution is -0.116. The molecule has 0 unspecified atom stereocenters. The molecule has 6 nitrogen and oxygen atoms in total. The minimum atomic E-state index is -3.59. The first-order valence-electron chi connectivity index (χ1n) is 8.86. The number of nitrogens with one attached hydrogen (secondary N) is 1. The van der Waals surface area contributed by atoms with Gasteiger partial charge in [-0.2, -0.15) is 0 Å². The van der Waals surface area contributed by atoms with Crippen LogP contribution >= 0.6 is 0 Å². The topological polar surface area (TPSA) is 75.7 Å². The van der Waals surface area contributed by atoms with Crippen LogP contribution < -0.4 is 10.1 Å². The number of sulfonamides is 1. The van der Waals surface area contributed by atoms with Crippen molar-refractivity contribution in [1.29, 1.82) is 0 Å². The third-order valence-electron chi connectivity index (χ3n) is 4.32. The molecule has 0 heterocycles. The monoisotopic (exact) mass is 390 g/mol. The van der Waals surface area contributed by atoms with E-state index in [1.807, 2.05) is 31.2 Å². The van der Waals surface area contributed by atoms with Gasteiger partial charge in [-0.1, -0.05) is 25.1 Å². The Morgan fingerprint density at radius 2 is 1.78 bits per heavy atom. The molecule has 0 bridgehead atoms. The summed E-state index contributed by atoms with van der Waals surface area (Å²) in [5, 5.41) is 2.90. The van der Waals surface area contributed by atoms with Crippen LogP contribution in [0.25, 0.3) is 0 Å². The van der Waals surface area contributed by atoms with Gasteiger partial charge < -0.3 is 10.1 Å². The summed E-state index contributed by atoms with van der Waals surface area (Å²) in [4.78, 5) is 12.4. The maximum Gasteiger partial charge on any atom is 0.242 e. The number of hydrogen-bond acceptors (Lipinski definition) is 4. The van der Waals surface area contributed by atoms with Crippen LogP contribution in [0.1, 0.15) is 25.3 Å². The Hall–Kier alpha value is -2.38. The van der Waals surface area contributed by atoms with Gasteiger partial charge in [0.1, 0.15) is 5.75 Å². The van der Waals surface area contributed by atoms with E-state index in [1.165, 1.54) is 30.6 Å². The molecule has 0 aromatic heterocycles. The molecule has 0 atom stereocenters. The molecule has 146 valence electrons. The molecule has 0 radical (unpaired) electrons. The van der Waals surface area contributed by atoms with Crippen molar-refractivity contribution >= 4 is 21.6 Å². The number of para-hydroxylation sites is 1. The molecule has 0 aliphatic carbocycles. The highest BCUT2D eigenvalue weighted by atomic mass is 32.2. The molecule has 0 saturated carbocycles. The van der Waals surface area contributed by atoms with Crippen molar-refractivity contribution in [2.75, 3.05) is 26.0 Å². The summed E-state index contributed by atoms with van der Waals surface area (Å²) >= 11 is 0. The molecular formula is C20H26N2O4S. The Bertz CT molecular complexity index is 864. The van der Waals surface area contributed by atoms with Gasteiger partial charge in [-0.3, -0.25) is 4.79 Å². The molecule has 2 aromatic rings. The van der Waals surface area contributed by atoms with Crippen molar-refractivity contribution in [3.05, 3.63) is 54.1 Å². The van der Waals surface area contributed by atoms with E-state index in [4.69, 9.17) is 4.74 Å². The number of carbonyl (C=O) groups excluding carboxylic acids is 1. The number of ether oxygens (including phenoxy) is 1. The van der Waals surface area contributed by atoms with E-state index in [0.29, 0.717) is 12.2 Å². The lowest BCUT2D eigenvalue weighted by atomic mass is 10.1. The molecule has 0 fully saturated rings. The van der Waals surface area contributed by atoms with Gasteiger partial charge in [0.25, 0.3) is 0 Å². The van der Waals surface area contributed by atoms with Crippen molar-refractivity contribution in [3.63, 3.8) is 0 Å². The van der Waals surface area contributed by atoms with Crippen LogP contribution in [-0.2, 0) is 21.2 Å². The lowest BCUT2D eigenvalue weighted by Gasteiger charge is -2.17. The molecule has 7 heteroatoms. The van der Waals surface area contributed by atoms with Gasteiger partial charge in [0.15, 0.2) is 0 Å². The summed E-state index contributed by atoms with van der Waals surface area (Å²) in [6, 6.07) is 13.9. The zero-order valence-corrected chi connectivity index (χ0v) is 16.8. The molecule has 1 N–H and O–H groups in total. The standard InChI is InChI=1S/C20H26N2O4S/c1-4-16-8-5-6-9-19(16)21-20(23)10-7-15-22(2)27(24,25)18-13-11-17(26-3)12-14-18/h5-6,8-9,11-14H,4,7,10,15H2,1-3H3,(H,21,23). The largest absolute Gasteiger partial charge is 0.497 e. The second kappa shape index (κ2) is 9.53. The van der Waals surface area contributed by atoms with Crippen LogP contribution in [0, 0.1) is 0 Å². The van der Waals surface area contributed by atoms with Gasteiger partial charge >= 0.3 is 0 Å². The highest BCUT2D eigenvalue weighted by Gasteiger charge is 2.20. The summed E-state index contributed by atoms with van der Waals surface area (Å²) in [5.41, 5.74) is 1.88. The fourth-order valence-electron chi connectivity index (χ4n) is 2.67. The van der Waals surface area contributed by atoms with Crippen molar-refractivity contribution in [3.8, 4) is 5.75 Å². The maximum atomic E-state index is 12.6. The van der Waals surface area contributed by atoms with Gasteiger partial charge in [0.05, 0.1) is 12.0 Å². The van der Waals surface area contributed by atoms with Gasteiger partial charge in [0.2, 0.25) is 15.9 Å². The Kier molecular flexibility index (Phi) is 7.38. The van der Waals surface area contributed by atoms with Crippen molar-refractivity contribution in [1.82, 2.24) is 4.31 Å². The highest BCUT2D eigenvalue weighted by Crippen LogP contribution is 2.19. The number of amides is 1. The molecule has 27 heavy (non-hydrogen) atoms. The smallest absolute Gasteiger partial charge is 0.242 e. The Morgan fingerprint density at radius 3 is 2.41 bits per heavy atom. The molecule has 2 rings (SSSR count). The fraction of sp³-hybridized carbons (Fsp3) is 0.350. The average molecular weight is 391 g/mol. The van der Waals surface area contributed by atoms with Gasteiger partial charge in [0, 0.05) is 25.7 Å². The zero-order chi connectivity index (χ0) is 19.9. The van der Waals surface area contributed by atoms with Gasteiger partial charge in [-0.25, -0.2) is 12.7 Å². The maximum absolute atomic E-state index is 12.6. The molecule has 0 aliphatic rings. The predicted molar refractivity (Wildman–Crippen MR) is 106 cm³/mol. The van der Waals surface area contributed by atoms with Crippen molar-refractivity contribution < 1.29 is 17.9 Å². The number of methoxy groups -OCH3 is 1. The molecular weight excluding hydrogens is 364 g/mol. The first-order valence-corrected chi connectivity index (χ1v) is 10.3. The molecule has 1 amide bonds. The summed E-state index contributed by atoms with van der Waals surface area (Å²) in [6.45, 7) is 2.29. The third kappa shape index (κ3) is 5.55. The number of nitrogens with zero attached hydrogens (tertiary/aromatic N) is 1. The minimum Gasteiger partial charge on any atom is -0.497 e. The normalized spacial score (nSPS) is 11.4. The first kappa shape index (κ1) is 20.9. The van der Waals surface area contributed by atoms with E-state index < -0.39 is 10.0 Å². The highest BCUT2D eigenvalue weighted by molar-refractivity contribution is 7.89. The van der Waals surface area contributed by atoms with E-state index in [-0.39, 0.29) is 23.8 Å². The SMILES string of the molecule is CCc1ccccc1NC(=O)CCCN(C)S(=O)(=O)c1ccc(OC)cc1. The number of benzene rings is 2. The Balaban J connectivity index is 1.88. The van der Waals surface area contributed by atoms with Gasteiger partial charge in [-0.15, -0.1) is 0 Å². The van der Waals surface area contributed by atoms with Crippen molar-refractivity contribution in [2.24, 2.45) is 0 Å². The number of anilines is 1. The lowest BCUT2D eigenvalue weighted by Crippen LogP contribution is -2.28. The van der Waals surface area contributed by atoms with E-state index in [0.717, 1.165) is 17.7 Å². The van der Waals surface area contributed by atoms with Crippen LogP contribution in [0.5, 0.6) is 5.75 Å². The molecule has 0 spiro atoms. The summed E-state index contributed by atoms with van der Waals surface area (Å²) < 4.78 is 31.4. The van der Waals surface area contributed by atoms with Crippen LogP contribution in [0.3, 0.4) is 0 Å². The van der Waals surface area contributed by atoms with Crippen LogP contribution in [0.15, 0.2) is 53.4 Å². The number of hydrogen-bond donors (Lipinski definition) is 1.